The molecule has 0 heterocycles. The summed E-state index contributed by atoms with van der Waals surface area (Å²) in [6.07, 6.45) is -4.14. The lowest BCUT2D eigenvalue weighted by Crippen LogP contribution is -2.19. The standard InChI is InChI=1S/C9H6F3NO2/c10-4-1-2-5(11)8(12)7(4)9(15)6(14)3-13/h1-2,6,9,14-15H. The van der Waals surface area contributed by atoms with Crippen LogP contribution < -0.4 is 0 Å². The number of hydrogen-bond donors (Lipinski definition) is 2. The first-order valence-electron chi connectivity index (χ1n) is 3.88. The largest absolute Gasteiger partial charge is 0.384 e. The molecule has 0 spiro atoms. The molecule has 2 atom stereocenters. The van der Waals surface area contributed by atoms with Crippen molar-refractivity contribution in [3.05, 3.63) is 35.1 Å². The summed E-state index contributed by atoms with van der Waals surface area (Å²) in [7, 11) is 0. The summed E-state index contributed by atoms with van der Waals surface area (Å²) >= 11 is 0. The Labute approximate surface area is 83.0 Å². The Morgan fingerprint density at radius 2 is 1.67 bits per heavy atom. The normalized spacial score (nSPS) is 14.4. The number of aliphatic hydroxyl groups is 2. The minimum absolute atomic E-state index is 0.541. The Bertz CT molecular complexity index is 417. The first-order valence-corrected chi connectivity index (χ1v) is 3.88. The minimum Gasteiger partial charge on any atom is -0.384 e. The molecule has 0 bridgehead atoms. The molecule has 0 aliphatic carbocycles. The van der Waals surface area contributed by atoms with Crippen molar-refractivity contribution >= 4 is 0 Å². The van der Waals surface area contributed by atoms with Crippen molar-refractivity contribution in [2.45, 2.75) is 12.2 Å². The third-order valence-corrected chi connectivity index (χ3v) is 1.81. The van der Waals surface area contributed by atoms with Crippen LogP contribution in [0.25, 0.3) is 0 Å². The Kier molecular flexibility index (Phi) is 3.29. The van der Waals surface area contributed by atoms with E-state index in [1.165, 1.54) is 6.07 Å². The molecule has 1 rings (SSSR count). The zero-order valence-electron chi connectivity index (χ0n) is 7.28. The highest BCUT2D eigenvalue weighted by atomic mass is 19.2. The molecule has 0 aromatic heterocycles. The van der Waals surface area contributed by atoms with Gasteiger partial charge in [0.1, 0.15) is 11.9 Å². The van der Waals surface area contributed by atoms with Crippen molar-refractivity contribution in [2.24, 2.45) is 0 Å². The predicted octanol–water partition coefficient (Wildman–Crippen LogP) is 1.02. The summed E-state index contributed by atoms with van der Waals surface area (Å²) < 4.78 is 38.7. The highest BCUT2D eigenvalue weighted by Gasteiger charge is 2.26. The fourth-order valence-electron chi connectivity index (χ4n) is 1.04. The van der Waals surface area contributed by atoms with Gasteiger partial charge in [0.15, 0.2) is 17.7 Å². The van der Waals surface area contributed by atoms with Crippen molar-refractivity contribution in [3.8, 4) is 6.07 Å². The topological polar surface area (TPSA) is 64.2 Å². The molecule has 6 heteroatoms. The van der Waals surface area contributed by atoms with Crippen molar-refractivity contribution in [1.82, 2.24) is 0 Å². The Hall–Kier alpha value is -1.58. The molecule has 0 fully saturated rings. The Morgan fingerprint density at radius 1 is 1.13 bits per heavy atom. The van der Waals surface area contributed by atoms with E-state index in [1.807, 2.05) is 0 Å². The van der Waals surface area contributed by atoms with E-state index < -0.39 is 35.2 Å². The predicted molar refractivity (Wildman–Crippen MR) is 42.9 cm³/mol. The van der Waals surface area contributed by atoms with Gasteiger partial charge < -0.3 is 10.2 Å². The van der Waals surface area contributed by atoms with Crippen molar-refractivity contribution < 1.29 is 23.4 Å². The van der Waals surface area contributed by atoms with Gasteiger partial charge in [-0.2, -0.15) is 5.26 Å². The fraction of sp³-hybridized carbons (Fsp3) is 0.222. The zero-order valence-corrected chi connectivity index (χ0v) is 7.28. The number of hydrogen-bond acceptors (Lipinski definition) is 3. The van der Waals surface area contributed by atoms with Gasteiger partial charge in [-0.25, -0.2) is 13.2 Å². The average Bonchev–Trinajstić information content (AvgIpc) is 2.22. The summed E-state index contributed by atoms with van der Waals surface area (Å²) in [5, 5.41) is 26.2. The molecule has 15 heavy (non-hydrogen) atoms. The molecule has 0 radical (unpaired) electrons. The monoisotopic (exact) mass is 217 g/mol. The quantitative estimate of drug-likeness (QED) is 0.574. The van der Waals surface area contributed by atoms with Crippen LogP contribution in [0.4, 0.5) is 13.2 Å². The highest BCUT2D eigenvalue weighted by Crippen LogP contribution is 2.24. The molecule has 80 valence electrons. The van der Waals surface area contributed by atoms with Crippen molar-refractivity contribution in [1.29, 1.82) is 5.26 Å². The van der Waals surface area contributed by atoms with Crippen LogP contribution in [-0.4, -0.2) is 16.3 Å². The average molecular weight is 217 g/mol. The summed E-state index contributed by atoms with van der Waals surface area (Å²) in [5.74, 6) is -4.21. The highest BCUT2D eigenvalue weighted by molar-refractivity contribution is 5.25. The van der Waals surface area contributed by atoms with Gasteiger partial charge in [-0.1, -0.05) is 0 Å². The first-order chi connectivity index (χ1) is 6.99. The van der Waals surface area contributed by atoms with Gasteiger partial charge in [0.05, 0.1) is 11.6 Å². The molecular weight excluding hydrogens is 211 g/mol. The molecular formula is C9H6F3NO2. The van der Waals surface area contributed by atoms with E-state index in [2.05, 4.69) is 0 Å². The van der Waals surface area contributed by atoms with Gasteiger partial charge in [-0.15, -0.1) is 0 Å². The van der Waals surface area contributed by atoms with E-state index in [9.17, 15) is 13.2 Å². The fourth-order valence-corrected chi connectivity index (χ4v) is 1.04. The van der Waals surface area contributed by atoms with Gasteiger partial charge in [0, 0.05) is 0 Å². The molecule has 2 unspecified atom stereocenters. The van der Waals surface area contributed by atoms with Crippen LogP contribution in [0.5, 0.6) is 0 Å². The van der Waals surface area contributed by atoms with Gasteiger partial charge in [0.2, 0.25) is 0 Å². The van der Waals surface area contributed by atoms with E-state index in [1.54, 1.807) is 0 Å². The van der Waals surface area contributed by atoms with Crippen LogP contribution in [0.1, 0.15) is 11.7 Å². The summed E-state index contributed by atoms with van der Waals surface area (Å²) in [5.41, 5.74) is -1.05. The lowest BCUT2D eigenvalue weighted by atomic mass is 10.0. The Balaban J connectivity index is 3.25. The number of rotatable bonds is 2. The van der Waals surface area contributed by atoms with Crippen LogP contribution in [0.15, 0.2) is 12.1 Å². The number of halogens is 3. The Morgan fingerprint density at radius 3 is 2.20 bits per heavy atom. The number of aliphatic hydroxyl groups excluding tert-OH is 2. The molecule has 1 aromatic rings. The van der Waals surface area contributed by atoms with Crippen molar-refractivity contribution in [2.75, 3.05) is 0 Å². The maximum atomic E-state index is 13.0. The first kappa shape index (κ1) is 11.5. The van der Waals surface area contributed by atoms with Crippen LogP contribution in [0, 0.1) is 28.8 Å². The second-order valence-corrected chi connectivity index (χ2v) is 2.78. The van der Waals surface area contributed by atoms with Crippen molar-refractivity contribution in [3.63, 3.8) is 0 Å². The maximum absolute atomic E-state index is 13.0. The molecule has 1 aromatic carbocycles. The van der Waals surface area contributed by atoms with E-state index >= 15 is 0 Å². The number of nitrogens with zero attached hydrogens (tertiary/aromatic N) is 1. The number of nitriles is 1. The summed E-state index contributed by atoms with van der Waals surface area (Å²) in [6.45, 7) is 0. The van der Waals surface area contributed by atoms with Crippen LogP contribution in [0.2, 0.25) is 0 Å². The lowest BCUT2D eigenvalue weighted by molar-refractivity contribution is 0.0471. The molecule has 0 aliphatic heterocycles. The summed E-state index contributed by atoms with van der Waals surface area (Å²) in [4.78, 5) is 0. The van der Waals surface area contributed by atoms with E-state index in [0.717, 1.165) is 0 Å². The molecule has 0 saturated carbocycles. The lowest BCUT2D eigenvalue weighted by Gasteiger charge is -2.13. The van der Waals surface area contributed by atoms with Gasteiger partial charge in [0.25, 0.3) is 0 Å². The third kappa shape index (κ3) is 2.09. The van der Waals surface area contributed by atoms with Crippen LogP contribution in [0.3, 0.4) is 0 Å². The van der Waals surface area contributed by atoms with Gasteiger partial charge >= 0.3 is 0 Å². The maximum Gasteiger partial charge on any atom is 0.170 e. The minimum atomic E-state index is -2.12. The molecule has 3 nitrogen and oxygen atoms in total. The SMILES string of the molecule is N#CC(O)C(O)c1c(F)ccc(F)c1F. The molecule has 0 saturated heterocycles. The zero-order chi connectivity index (χ0) is 11.6. The number of benzene rings is 1. The van der Waals surface area contributed by atoms with E-state index in [0.29, 0.717) is 12.1 Å². The second-order valence-electron chi connectivity index (χ2n) is 2.78. The van der Waals surface area contributed by atoms with Gasteiger partial charge in [-0.3, -0.25) is 0 Å². The molecule has 0 amide bonds. The molecule has 2 N–H and O–H groups in total. The van der Waals surface area contributed by atoms with E-state index in [-0.39, 0.29) is 0 Å². The third-order valence-electron chi connectivity index (χ3n) is 1.81. The smallest absolute Gasteiger partial charge is 0.170 e. The van der Waals surface area contributed by atoms with E-state index in [4.69, 9.17) is 15.5 Å². The molecule has 0 aliphatic rings. The van der Waals surface area contributed by atoms with Gasteiger partial charge in [-0.05, 0) is 12.1 Å². The van der Waals surface area contributed by atoms with Crippen LogP contribution in [-0.2, 0) is 0 Å². The summed E-state index contributed by atoms with van der Waals surface area (Å²) in [6, 6.07) is 2.33. The second kappa shape index (κ2) is 4.29. The van der Waals surface area contributed by atoms with Crippen LogP contribution >= 0.6 is 0 Å².